The zero-order chi connectivity index (χ0) is 14.8. The van der Waals surface area contributed by atoms with Crippen molar-refractivity contribution < 1.29 is 22.5 Å². The van der Waals surface area contributed by atoms with Gasteiger partial charge in [-0.05, 0) is 24.5 Å². The lowest BCUT2D eigenvalue weighted by atomic mass is 9.89. The van der Waals surface area contributed by atoms with Crippen molar-refractivity contribution in [2.45, 2.75) is 38.7 Å². The molecule has 0 bridgehead atoms. The Morgan fingerprint density at radius 1 is 1.21 bits per heavy atom. The van der Waals surface area contributed by atoms with Crippen molar-refractivity contribution in [2.75, 3.05) is 0 Å². The van der Waals surface area contributed by atoms with Gasteiger partial charge in [0, 0.05) is 0 Å². The van der Waals surface area contributed by atoms with Gasteiger partial charge in [-0.15, -0.1) is 0 Å². The number of hydrogen-bond donors (Lipinski definition) is 0. The average Bonchev–Trinajstić information content (AvgIpc) is 2.24. The third-order valence-corrected chi connectivity index (χ3v) is 3.83. The maximum absolute atomic E-state index is 12.0. The molecule has 0 aliphatic heterocycles. The van der Waals surface area contributed by atoms with Crippen LogP contribution in [0.3, 0.4) is 0 Å². The van der Waals surface area contributed by atoms with Gasteiger partial charge in [0.1, 0.15) is 6.10 Å². The molecule has 0 aromatic heterocycles. The van der Waals surface area contributed by atoms with Crippen molar-refractivity contribution in [3.8, 4) is 0 Å². The number of aryl methyl sites for hydroxylation is 1. The largest absolute Gasteiger partial charge is 0.547 e. The minimum atomic E-state index is -4.13. The predicted molar refractivity (Wildman–Crippen MR) is 67.7 cm³/mol. The van der Waals surface area contributed by atoms with Gasteiger partial charge < -0.3 is 9.90 Å². The highest BCUT2D eigenvalue weighted by molar-refractivity contribution is 7.86. The van der Waals surface area contributed by atoms with Gasteiger partial charge in [-0.3, -0.25) is 4.18 Å². The van der Waals surface area contributed by atoms with Gasteiger partial charge in [-0.2, -0.15) is 8.42 Å². The molecule has 1 aromatic rings. The first-order valence-corrected chi connectivity index (χ1v) is 7.16. The first kappa shape index (κ1) is 15.7. The number of carboxylic acids is 1. The number of aliphatic carboxylic acids is 1. The number of carbonyl (C=O) groups is 1. The highest BCUT2D eigenvalue weighted by Gasteiger charge is 2.32. The molecule has 0 aliphatic carbocycles. The highest BCUT2D eigenvalue weighted by atomic mass is 32.2. The molecule has 0 aliphatic rings. The van der Waals surface area contributed by atoms with E-state index in [2.05, 4.69) is 0 Å². The number of benzene rings is 1. The van der Waals surface area contributed by atoms with Gasteiger partial charge in [0.15, 0.2) is 0 Å². The highest BCUT2D eigenvalue weighted by Crippen LogP contribution is 2.26. The van der Waals surface area contributed by atoms with Crippen molar-refractivity contribution in [3.63, 3.8) is 0 Å². The van der Waals surface area contributed by atoms with E-state index >= 15 is 0 Å². The van der Waals surface area contributed by atoms with Gasteiger partial charge in [0.25, 0.3) is 10.1 Å². The van der Waals surface area contributed by atoms with E-state index in [9.17, 15) is 18.3 Å². The molecule has 0 saturated carbocycles. The van der Waals surface area contributed by atoms with Gasteiger partial charge in [0.2, 0.25) is 0 Å². The molecule has 0 radical (unpaired) electrons. The van der Waals surface area contributed by atoms with Gasteiger partial charge in [-0.25, -0.2) is 0 Å². The topological polar surface area (TPSA) is 83.5 Å². The second-order valence-corrected chi connectivity index (χ2v) is 7.00. The van der Waals surface area contributed by atoms with Crippen molar-refractivity contribution in [2.24, 2.45) is 5.41 Å². The molecule has 1 unspecified atom stereocenters. The molecule has 1 rings (SSSR count). The van der Waals surface area contributed by atoms with Gasteiger partial charge in [0.05, 0.1) is 10.9 Å². The molecule has 1 atom stereocenters. The Bertz CT molecular complexity index is 552. The van der Waals surface area contributed by atoms with Crippen LogP contribution in [0.25, 0.3) is 0 Å². The van der Waals surface area contributed by atoms with E-state index in [1.807, 2.05) is 6.92 Å². The summed E-state index contributed by atoms with van der Waals surface area (Å²) >= 11 is 0. The molecule has 0 spiro atoms. The number of carboxylic acid groups (broad SMARTS) is 1. The molecule has 5 nitrogen and oxygen atoms in total. The summed E-state index contributed by atoms with van der Waals surface area (Å²) < 4.78 is 28.8. The second-order valence-electron chi connectivity index (χ2n) is 5.43. The summed E-state index contributed by atoms with van der Waals surface area (Å²) in [5.74, 6) is -1.55. The zero-order valence-electron chi connectivity index (χ0n) is 11.3. The molecule has 0 amide bonds. The van der Waals surface area contributed by atoms with Crippen molar-refractivity contribution in [1.82, 2.24) is 0 Å². The smallest absolute Gasteiger partial charge is 0.297 e. The Morgan fingerprint density at radius 2 is 1.68 bits per heavy atom. The van der Waals surface area contributed by atoms with Crippen molar-refractivity contribution >= 4 is 16.1 Å². The van der Waals surface area contributed by atoms with Crippen LogP contribution in [0.4, 0.5) is 0 Å². The lowest BCUT2D eigenvalue weighted by Crippen LogP contribution is -2.46. The summed E-state index contributed by atoms with van der Waals surface area (Å²) in [4.78, 5) is 10.9. The first-order valence-electron chi connectivity index (χ1n) is 5.75. The van der Waals surface area contributed by atoms with E-state index in [1.165, 1.54) is 12.1 Å². The van der Waals surface area contributed by atoms with Crippen LogP contribution >= 0.6 is 0 Å². The van der Waals surface area contributed by atoms with Crippen LogP contribution < -0.4 is 5.11 Å². The number of hydrogen-bond acceptors (Lipinski definition) is 5. The Kier molecular flexibility index (Phi) is 4.37. The monoisotopic (exact) mass is 285 g/mol. The summed E-state index contributed by atoms with van der Waals surface area (Å²) in [6.45, 7) is 6.52. The van der Waals surface area contributed by atoms with E-state index in [4.69, 9.17) is 4.18 Å². The maximum Gasteiger partial charge on any atom is 0.297 e. The second kappa shape index (κ2) is 5.30. The molecule has 6 heteroatoms. The van der Waals surface area contributed by atoms with E-state index in [0.717, 1.165) is 5.56 Å². The molecule has 0 fully saturated rings. The molecular weight excluding hydrogens is 268 g/mol. The van der Waals surface area contributed by atoms with Crippen molar-refractivity contribution in [1.29, 1.82) is 0 Å². The Labute approximate surface area is 113 Å². The molecule has 0 heterocycles. The normalized spacial score (nSPS) is 14.1. The fourth-order valence-corrected chi connectivity index (χ4v) is 2.63. The number of carbonyl (C=O) groups excluding carboxylic acids is 1. The van der Waals surface area contributed by atoms with Crippen LogP contribution in [0.2, 0.25) is 0 Å². The lowest BCUT2D eigenvalue weighted by Gasteiger charge is -2.30. The SMILES string of the molecule is Cc1ccc(S(=O)(=O)OC(C(=O)[O-])C(C)(C)C)cc1. The summed E-state index contributed by atoms with van der Waals surface area (Å²) in [6, 6.07) is 5.97. The third kappa shape index (κ3) is 4.04. The first-order chi connectivity index (χ1) is 8.54. The third-order valence-electron chi connectivity index (χ3n) is 2.53. The van der Waals surface area contributed by atoms with Crippen LogP contribution in [0, 0.1) is 12.3 Å². The van der Waals surface area contributed by atoms with Crippen LogP contribution in [-0.2, 0) is 19.1 Å². The number of rotatable bonds is 4. The maximum atomic E-state index is 12.0. The molecule has 0 N–H and O–H groups in total. The lowest BCUT2D eigenvalue weighted by molar-refractivity contribution is -0.317. The van der Waals surface area contributed by atoms with E-state index < -0.39 is 27.6 Å². The molecule has 106 valence electrons. The summed E-state index contributed by atoms with van der Waals surface area (Å²) in [6.07, 6.45) is -1.54. The summed E-state index contributed by atoms with van der Waals surface area (Å²) in [7, 11) is -4.13. The summed E-state index contributed by atoms with van der Waals surface area (Å²) in [5.41, 5.74) is 0.00239. The quantitative estimate of drug-likeness (QED) is 0.766. The van der Waals surface area contributed by atoms with Crippen LogP contribution in [0.15, 0.2) is 29.2 Å². The average molecular weight is 285 g/mol. The molecular formula is C13H17O5S-. The minimum absolute atomic E-state index is 0.0754. The predicted octanol–water partition coefficient (Wildman–Crippen LogP) is 0.865. The minimum Gasteiger partial charge on any atom is -0.547 e. The van der Waals surface area contributed by atoms with Crippen LogP contribution in [-0.4, -0.2) is 20.5 Å². The molecule has 19 heavy (non-hydrogen) atoms. The molecule has 0 saturated heterocycles. The fourth-order valence-electron chi connectivity index (χ4n) is 1.42. The Morgan fingerprint density at radius 3 is 2.05 bits per heavy atom. The van der Waals surface area contributed by atoms with E-state index in [-0.39, 0.29) is 4.90 Å². The van der Waals surface area contributed by atoms with E-state index in [0.29, 0.717) is 0 Å². The summed E-state index contributed by atoms with van der Waals surface area (Å²) in [5, 5.41) is 11.0. The van der Waals surface area contributed by atoms with Gasteiger partial charge in [-0.1, -0.05) is 38.5 Å². The Balaban J connectivity index is 3.08. The van der Waals surface area contributed by atoms with Crippen molar-refractivity contribution in [3.05, 3.63) is 29.8 Å². The van der Waals surface area contributed by atoms with Gasteiger partial charge >= 0.3 is 0 Å². The van der Waals surface area contributed by atoms with Crippen LogP contribution in [0.1, 0.15) is 26.3 Å². The Hall–Kier alpha value is -1.40. The fraction of sp³-hybridized carbons (Fsp3) is 0.462. The standard InChI is InChI=1S/C13H18O5S/c1-9-5-7-10(8-6-9)19(16,17)18-11(12(14)15)13(2,3)4/h5-8,11H,1-4H3,(H,14,15)/p-1. The zero-order valence-corrected chi connectivity index (χ0v) is 12.2. The van der Waals surface area contributed by atoms with E-state index in [1.54, 1.807) is 32.9 Å². The molecule has 1 aromatic carbocycles. The van der Waals surface area contributed by atoms with Crippen LogP contribution in [0.5, 0.6) is 0 Å².